The standard InChI is InChI=1S/C10H19N3O5/c1-13(5-6-18-2)10(17)12-7(9(15)16)3-4-8(11)14/h7H,3-6H2,1-2H3,(H2,11,14)(H,12,17)(H,15,16)/t7-/m1/s1. The normalized spacial score (nSPS) is 11.7. The van der Waals surface area contributed by atoms with Crippen molar-refractivity contribution in [3.8, 4) is 0 Å². The molecule has 0 aliphatic rings. The van der Waals surface area contributed by atoms with Crippen LogP contribution in [0.25, 0.3) is 0 Å². The number of nitrogens with one attached hydrogen (secondary N) is 1. The Hall–Kier alpha value is -1.83. The number of carbonyl (C=O) groups is 3. The second-order valence-corrected chi connectivity index (χ2v) is 3.76. The number of nitrogens with zero attached hydrogens (tertiary/aromatic N) is 1. The van der Waals surface area contributed by atoms with Gasteiger partial charge in [0.05, 0.1) is 6.61 Å². The summed E-state index contributed by atoms with van der Waals surface area (Å²) in [6.07, 6.45) is -0.131. The van der Waals surface area contributed by atoms with E-state index in [1.165, 1.54) is 19.1 Å². The van der Waals surface area contributed by atoms with Crippen LogP contribution in [0.15, 0.2) is 0 Å². The Morgan fingerprint density at radius 1 is 1.44 bits per heavy atom. The number of carboxylic acids is 1. The highest BCUT2D eigenvalue weighted by atomic mass is 16.5. The van der Waals surface area contributed by atoms with Gasteiger partial charge in [0.25, 0.3) is 0 Å². The van der Waals surface area contributed by atoms with Crippen molar-refractivity contribution in [1.29, 1.82) is 0 Å². The van der Waals surface area contributed by atoms with Gasteiger partial charge in [-0.05, 0) is 6.42 Å². The van der Waals surface area contributed by atoms with Crippen molar-refractivity contribution >= 4 is 17.9 Å². The fourth-order valence-corrected chi connectivity index (χ4v) is 1.13. The molecule has 0 aromatic rings. The number of amides is 3. The van der Waals surface area contributed by atoms with E-state index in [4.69, 9.17) is 15.6 Å². The molecule has 3 amide bonds. The lowest BCUT2D eigenvalue weighted by molar-refractivity contribution is -0.139. The van der Waals surface area contributed by atoms with Gasteiger partial charge in [-0.1, -0.05) is 0 Å². The molecular formula is C10H19N3O5. The third-order valence-electron chi connectivity index (χ3n) is 2.25. The molecule has 0 aliphatic heterocycles. The summed E-state index contributed by atoms with van der Waals surface area (Å²) >= 11 is 0. The maximum absolute atomic E-state index is 11.6. The number of ether oxygens (including phenoxy) is 1. The zero-order valence-corrected chi connectivity index (χ0v) is 10.5. The van der Waals surface area contributed by atoms with E-state index in [0.29, 0.717) is 13.2 Å². The first kappa shape index (κ1) is 16.2. The van der Waals surface area contributed by atoms with Crippen LogP contribution in [0.3, 0.4) is 0 Å². The molecule has 0 rings (SSSR count). The highest BCUT2D eigenvalue weighted by Gasteiger charge is 2.21. The zero-order chi connectivity index (χ0) is 14.1. The molecule has 0 spiro atoms. The molecule has 0 radical (unpaired) electrons. The lowest BCUT2D eigenvalue weighted by Gasteiger charge is -2.20. The van der Waals surface area contributed by atoms with Gasteiger partial charge < -0.3 is 25.8 Å². The van der Waals surface area contributed by atoms with Gasteiger partial charge in [0.2, 0.25) is 5.91 Å². The van der Waals surface area contributed by atoms with Crippen molar-refractivity contribution in [2.75, 3.05) is 27.3 Å². The van der Waals surface area contributed by atoms with E-state index in [-0.39, 0.29) is 12.8 Å². The molecule has 0 unspecified atom stereocenters. The summed E-state index contributed by atoms with van der Waals surface area (Å²) in [6, 6.07) is -1.67. The van der Waals surface area contributed by atoms with Gasteiger partial charge in [-0.15, -0.1) is 0 Å². The minimum absolute atomic E-state index is 0.0332. The number of methoxy groups -OCH3 is 1. The van der Waals surface area contributed by atoms with Gasteiger partial charge in [0.1, 0.15) is 6.04 Å². The Kier molecular flexibility index (Phi) is 7.45. The summed E-state index contributed by atoms with van der Waals surface area (Å²) in [5.74, 6) is -1.81. The van der Waals surface area contributed by atoms with Gasteiger partial charge in [0, 0.05) is 27.1 Å². The third-order valence-corrected chi connectivity index (χ3v) is 2.25. The number of rotatable bonds is 8. The molecule has 0 aliphatic carbocycles. The van der Waals surface area contributed by atoms with E-state index < -0.39 is 23.9 Å². The van der Waals surface area contributed by atoms with Crippen LogP contribution >= 0.6 is 0 Å². The van der Waals surface area contributed by atoms with Crippen LogP contribution in [-0.4, -0.2) is 61.3 Å². The maximum Gasteiger partial charge on any atom is 0.326 e. The van der Waals surface area contributed by atoms with E-state index in [9.17, 15) is 14.4 Å². The minimum Gasteiger partial charge on any atom is -0.480 e. The molecule has 0 aromatic heterocycles. The van der Waals surface area contributed by atoms with Crippen LogP contribution in [-0.2, 0) is 14.3 Å². The molecule has 18 heavy (non-hydrogen) atoms. The van der Waals surface area contributed by atoms with Gasteiger partial charge in [-0.2, -0.15) is 0 Å². The summed E-state index contributed by atoms with van der Waals surface area (Å²) in [6.45, 7) is 0.688. The highest BCUT2D eigenvalue weighted by molar-refractivity contribution is 5.83. The summed E-state index contributed by atoms with van der Waals surface area (Å²) in [7, 11) is 3.01. The molecule has 0 fully saturated rings. The molecule has 104 valence electrons. The molecule has 4 N–H and O–H groups in total. The smallest absolute Gasteiger partial charge is 0.326 e. The fourth-order valence-electron chi connectivity index (χ4n) is 1.13. The highest BCUT2D eigenvalue weighted by Crippen LogP contribution is 1.98. The van der Waals surface area contributed by atoms with Crippen LogP contribution in [0.4, 0.5) is 4.79 Å². The zero-order valence-electron chi connectivity index (χ0n) is 10.5. The minimum atomic E-state index is -1.20. The number of carbonyl (C=O) groups excluding carboxylic acids is 2. The van der Waals surface area contributed by atoms with Gasteiger partial charge >= 0.3 is 12.0 Å². The molecule has 0 saturated carbocycles. The summed E-state index contributed by atoms with van der Waals surface area (Å²) in [5.41, 5.74) is 4.93. The second-order valence-electron chi connectivity index (χ2n) is 3.76. The Morgan fingerprint density at radius 2 is 2.06 bits per heavy atom. The predicted octanol–water partition coefficient (Wildman–Crippen LogP) is -1.01. The van der Waals surface area contributed by atoms with Crippen LogP contribution in [0.5, 0.6) is 0 Å². The maximum atomic E-state index is 11.6. The first-order valence-electron chi connectivity index (χ1n) is 5.40. The quantitative estimate of drug-likeness (QED) is 0.517. The first-order valence-corrected chi connectivity index (χ1v) is 5.40. The van der Waals surface area contributed by atoms with E-state index in [0.717, 1.165) is 0 Å². The van der Waals surface area contributed by atoms with Gasteiger partial charge in [-0.3, -0.25) is 4.79 Å². The number of hydrogen-bond donors (Lipinski definition) is 3. The SMILES string of the molecule is COCCN(C)C(=O)N[C@H](CCC(N)=O)C(=O)O. The van der Waals surface area contributed by atoms with Crippen LogP contribution in [0, 0.1) is 0 Å². The fraction of sp³-hybridized carbons (Fsp3) is 0.700. The largest absolute Gasteiger partial charge is 0.480 e. The summed E-state index contributed by atoms with van der Waals surface area (Å²) < 4.78 is 4.79. The molecule has 0 aromatic carbocycles. The molecule has 0 saturated heterocycles. The average Bonchev–Trinajstić information content (AvgIpc) is 2.30. The van der Waals surface area contributed by atoms with Crippen molar-refractivity contribution in [2.24, 2.45) is 5.73 Å². The van der Waals surface area contributed by atoms with Crippen molar-refractivity contribution in [2.45, 2.75) is 18.9 Å². The number of aliphatic carboxylic acids is 1. The van der Waals surface area contributed by atoms with Gasteiger partial charge in [0.15, 0.2) is 0 Å². The van der Waals surface area contributed by atoms with E-state index in [1.807, 2.05) is 0 Å². The number of carboxylic acid groups (broad SMARTS) is 1. The average molecular weight is 261 g/mol. The second kappa shape index (κ2) is 8.29. The summed E-state index contributed by atoms with van der Waals surface area (Å²) in [5, 5.41) is 11.2. The molecule has 8 nitrogen and oxygen atoms in total. The number of primary amides is 1. The number of urea groups is 1. The topological polar surface area (TPSA) is 122 Å². The van der Waals surface area contributed by atoms with Crippen LogP contribution in [0.1, 0.15) is 12.8 Å². The van der Waals surface area contributed by atoms with Crippen molar-refractivity contribution < 1.29 is 24.2 Å². The van der Waals surface area contributed by atoms with Crippen LogP contribution < -0.4 is 11.1 Å². The molecule has 0 bridgehead atoms. The lowest BCUT2D eigenvalue weighted by Crippen LogP contribution is -2.47. The lowest BCUT2D eigenvalue weighted by atomic mass is 10.1. The van der Waals surface area contributed by atoms with E-state index in [2.05, 4.69) is 5.32 Å². The first-order chi connectivity index (χ1) is 8.38. The number of likely N-dealkylation sites (N-methyl/N-ethyl adjacent to an activating group) is 1. The monoisotopic (exact) mass is 261 g/mol. The third kappa shape index (κ3) is 6.69. The molecule has 0 heterocycles. The summed E-state index contributed by atoms with van der Waals surface area (Å²) in [4.78, 5) is 34.3. The Bertz CT molecular complexity index is 308. The molecular weight excluding hydrogens is 242 g/mol. The van der Waals surface area contributed by atoms with E-state index in [1.54, 1.807) is 0 Å². The van der Waals surface area contributed by atoms with E-state index >= 15 is 0 Å². The predicted molar refractivity (Wildman–Crippen MR) is 62.9 cm³/mol. The molecule has 8 heteroatoms. The van der Waals surface area contributed by atoms with Crippen molar-refractivity contribution in [3.05, 3.63) is 0 Å². The Balaban J connectivity index is 4.26. The van der Waals surface area contributed by atoms with Crippen molar-refractivity contribution in [3.63, 3.8) is 0 Å². The Labute approximate surface area is 105 Å². The van der Waals surface area contributed by atoms with Crippen molar-refractivity contribution in [1.82, 2.24) is 10.2 Å². The Morgan fingerprint density at radius 3 is 2.50 bits per heavy atom. The number of nitrogens with two attached hydrogens (primary N) is 1. The van der Waals surface area contributed by atoms with Gasteiger partial charge in [-0.25, -0.2) is 9.59 Å². The van der Waals surface area contributed by atoms with Crippen LogP contribution in [0.2, 0.25) is 0 Å². The molecule has 1 atom stereocenters. The number of hydrogen-bond acceptors (Lipinski definition) is 4.